The maximum Gasteiger partial charge on any atom is 0.136 e. The predicted molar refractivity (Wildman–Crippen MR) is 200 cm³/mol. The van der Waals surface area contributed by atoms with Gasteiger partial charge in [0.2, 0.25) is 0 Å². The average molecular weight is 597 g/mol. The monoisotopic (exact) mass is 596 g/mol. The Morgan fingerprint density at radius 2 is 0.702 bits per heavy atom. The second kappa shape index (κ2) is 10.2. The van der Waals surface area contributed by atoms with Gasteiger partial charge in [0.15, 0.2) is 0 Å². The van der Waals surface area contributed by atoms with Gasteiger partial charge in [0.1, 0.15) is 11.2 Å². The van der Waals surface area contributed by atoms with Gasteiger partial charge in [-0.05, 0) is 88.6 Å². The van der Waals surface area contributed by atoms with Crippen LogP contribution in [0.5, 0.6) is 0 Å². The summed E-state index contributed by atoms with van der Waals surface area (Å²) in [6, 6.07) is 61.5. The molecular formula is C46H28O. The Kier molecular flexibility index (Phi) is 5.64. The molecule has 1 aromatic heterocycles. The molecule has 0 saturated carbocycles. The fourth-order valence-corrected chi connectivity index (χ4v) is 7.89. The van der Waals surface area contributed by atoms with Crippen molar-refractivity contribution in [1.29, 1.82) is 0 Å². The van der Waals surface area contributed by atoms with E-state index in [-0.39, 0.29) is 0 Å². The van der Waals surface area contributed by atoms with Gasteiger partial charge in [0.05, 0.1) is 0 Å². The average Bonchev–Trinajstić information content (AvgIpc) is 3.52. The van der Waals surface area contributed by atoms with Gasteiger partial charge in [0, 0.05) is 10.8 Å². The normalized spacial score (nSPS) is 11.8. The molecule has 10 rings (SSSR count). The molecule has 47 heavy (non-hydrogen) atoms. The molecule has 1 nitrogen and oxygen atoms in total. The summed E-state index contributed by atoms with van der Waals surface area (Å²) in [4.78, 5) is 0. The molecular weight excluding hydrogens is 569 g/mol. The molecule has 0 aliphatic carbocycles. The minimum absolute atomic E-state index is 0.916. The van der Waals surface area contributed by atoms with Gasteiger partial charge in [-0.1, -0.05) is 158 Å². The van der Waals surface area contributed by atoms with Crippen molar-refractivity contribution >= 4 is 65.0 Å². The zero-order valence-electron chi connectivity index (χ0n) is 25.6. The van der Waals surface area contributed by atoms with Crippen LogP contribution >= 0.6 is 0 Å². The Morgan fingerprint density at radius 1 is 0.277 bits per heavy atom. The predicted octanol–water partition coefficient (Wildman–Crippen LogP) is 13.2. The lowest BCUT2D eigenvalue weighted by molar-refractivity contribution is 0.669. The van der Waals surface area contributed by atoms with Crippen LogP contribution in [0.3, 0.4) is 0 Å². The lowest BCUT2D eigenvalue weighted by Crippen LogP contribution is -1.93. The summed E-state index contributed by atoms with van der Waals surface area (Å²) in [6.45, 7) is 0. The summed E-state index contributed by atoms with van der Waals surface area (Å²) in [7, 11) is 0. The topological polar surface area (TPSA) is 13.1 Å². The molecule has 0 bridgehead atoms. The molecule has 1 heterocycles. The van der Waals surface area contributed by atoms with Crippen LogP contribution in [-0.4, -0.2) is 0 Å². The molecule has 0 unspecified atom stereocenters. The van der Waals surface area contributed by atoms with Gasteiger partial charge in [0.25, 0.3) is 0 Å². The third kappa shape index (κ3) is 3.84. The van der Waals surface area contributed by atoms with Crippen molar-refractivity contribution in [3.8, 4) is 33.4 Å². The first-order valence-electron chi connectivity index (χ1n) is 16.2. The van der Waals surface area contributed by atoms with Crippen LogP contribution in [0.4, 0.5) is 0 Å². The fourth-order valence-electron chi connectivity index (χ4n) is 7.89. The molecule has 0 aliphatic heterocycles. The van der Waals surface area contributed by atoms with E-state index in [1.165, 1.54) is 81.9 Å². The lowest BCUT2D eigenvalue weighted by Gasteiger charge is -2.20. The number of rotatable bonds is 3. The van der Waals surface area contributed by atoms with E-state index in [1.807, 2.05) is 6.07 Å². The molecule has 0 aliphatic rings. The van der Waals surface area contributed by atoms with E-state index in [2.05, 4.69) is 164 Å². The number of benzene rings is 9. The second-order valence-electron chi connectivity index (χ2n) is 12.4. The number of fused-ring (bicyclic) bond motifs is 8. The molecule has 218 valence electrons. The number of para-hydroxylation sites is 1. The zero-order valence-corrected chi connectivity index (χ0v) is 25.6. The number of hydrogen-bond acceptors (Lipinski definition) is 1. The molecule has 9 aromatic carbocycles. The molecule has 0 saturated heterocycles. The Hall–Kier alpha value is -6.18. The summed E-state index contributed by atoms with van der Waals surface area (Å²) in [5.74, 6) is 0. The molecule has 1 heteroatoms. The molecule has 10 aromatic rings. The van der Waals surface area contributed by atoms with Crippen LogP contribution < -0.4 is 0 Å². The third-order valence-electron chi connectivity index (χ3n) is 9.86. The van der Waals surface area contributed by atoms with Gasteiger partial charge < -0.3 is 4.42 Å². The van der Waals surface area contributed by atoms with E-state index >= 15 is 0 Å². The summed E-state index contributed by atoms with van der Waals surface area (Å²) < 4.78 is 6.54. The van der Waals surface area contributed by atoms with Crippen LogP contribution in [0.15, 0.2) is 174 Å². The van der Waals surface area contributed by atoms with Crippen LogP contribution in [0.2, 0.25) is 0 Å². The maximum atomic E-state index is 6.54. The van der Waals surface area contributed by atoms with E-state index in [9.17, 15) is 0 Å². The van der Waals surface area contributed by atoms with Crippen molar-refractivity contribution in [2.45, 2.75) is 0 Å². The van der Waals surface area contributed by atoms with E-state index in [0.29, 0.717) is 0 Å². The van der Waals surface area contributed by atoms with Gasteiger partial charge >= 0.3 is 0 Å². The molecule has 0 spiro atoms. The number of furan rings is 1. The minimum atomic E-state index is 0.916. The van der Waals surface area contributed by atoms with Gasteiger partial charge in [-0.3, -0.25) is 0 Å². The van der Waals surface area contributed by atoms with E-state index < -0.39 is 0 Å². The van der Waals surface area contributed by atoms with Crippen molar-refractivity contribution < 1.29 is 4.42 Å². The van der Waals surface area contributed by atoms with Crippen LogP contribution in [0.25, 0.3) is 98.4 Å². The molecule has 0 radical (unpaired) electrons. The van der Waals surface area contributed by atoms with Crippen LogP contribution in [0, 0.1) is 0 Å². The first-order valence-corrected chi connectivity index (χ1v) is 16.2. The van der Waals surface area contributed by atoms with E-state index in [1.54, 1.807) is 0 Å². The highest BCUT2D eigenvalue weighted by Gasteiger charge is 2.22. The third-order valence-corrected chi connectivity index (χ3v) is 9.86. The lowest BCUT2D eigenvalue weighted by atomic mass is 9.82. The smallest absolute Gasteiger partial charge is 0.136 e. The summed E-state index contributed by atoms with van der Waals surface area (Å²) >= 11 is 0. The Balaban J connectivity index is 1.34. The molecule has 0 N–H and O–H groups in total. The van der Waals surface area contributed by atoms with Gasteiger partial charge in [-0.2, -0.15) is 0 Å². The van der Waals surface area contributed by atoms with E-state index in [0.717, 1.165) is 16.6 Å². The highest BCUT2D eigenvalue weighted by molar-refractivity contribution is 6.29. The Morgan fingerprint density at radius 3 is 1.32 bits per heavy atom. The van der Waals surface area contributed by atoms with Crippen LogP contribution in [0.1, 0.15) is 0 Å². The highest BCUT2D eigenvalue weighted by Crippen LogP contribution is 2.49. The summed E-state index contributed by atoms with van der Waals surface area (Å²) in [5, 5.41) is 12.2. The van der Waals surface area contributed by atoms with Gasteiger partial charge in [-0.25, -0.2) is 0 Å². The highest BCUT2D eigenvalue weighted by atomic mass is 16.3. The van der Waals surface area contributed by atoms with Crippen molar-refractivity contribution in [3.63, 3.8) is 0 Å². The second-order valence-corrected chi connectivity index (χ2v) is 12.4. The largest absolute Gasteiger partial charge is 0.456 e. The Labute approximate surface area is 271 Å². The van der Waals surface area contributed by atoms with Crippen molar-refractivity contribution in [2.75, 3.05) is 0 Å². The quantitative estimate of drug-likeness (QED) is 0.185. The fraction of sp³-hybridized carbons (Fsp3) is 0. The van der Waals surface area contributed by atoms with Crippen LogP contribution in [-0.2, 0) is 0 Å². The van der Waals surface area contributed by atoms with Crippen molar-refractivity contribution in [3.05, 3.63) is 170 Å². The van der Waals surface area contributed by atoms with E-state index in [4.69, 9.17) is 4.42 Å². The minimum Gasteiger partial charge on any atom is -0.456 e. The maximum absolute atomic E-state index is 6.54. The van der Waals surface area contributed by atoms with Gasteiger partial charge in [-0.15, -0.1) is 0 Å². The van der Waals surface area contributed by atoms with Crippen molar-refractivity contribution in [1.82, 2.24) is 0 Å². The Bertz CT molecular complexity index is 2780. The first kappa shape index (κ1) is 26.1. The SMILES string of the molecule is c1ccc(-c2ccc(-c3c4ccccc4c(-c4cc5oc6ccccc6c5c5ccccc45)c4ccccc34)c3ccccc23)cc1. The number of hydrogen-bond donors (Lipinski definition) is 0. The van der Waals surface area contributed by atoms with Crippen molar-refractivity contribution in [2.24, 2.45) is 0 Å². The summed E-state index contributed by atoms with van der Waals surface area (Å²) in [6.07, 6.45) is 0. The zero-order chi connectivity index (χ0) is 30.9. The molecule has 0 atom stereocenters. The summed E-state index contributed by atoms with van der Waals surface area (Å²) in [5.41, 5.74) is 9.26. The standard InChI is InChI=1S/C46H28O/c1-2-14-29(15-3-1)30-26-27-39(32-17-5-4-16-31(30)32)44-35-20-8-10-22-37(35)45(38-23-11-9-21-36(38)44)41-28-43-46(34-19-7-6-18-33(34)41)40-24-12-13-25-42(40)47-43/h1-28H. The molecule has 0 amide bonds. The molecule has 0 fully saturated rings. The first-order chi connectivity index (χ1) is 23.3.